The van der Waals surface area contributed by atoms with Crippen LogP contribution in [0.5, 0.6) is 0 Å². The Hall–Kier alpha value is -2.23. The molecule has 124 valence electrons. The third-order valence-electron chi connectivity index (χ3n) is 5.10. The van der Waals surface area contributed by atoms with Gasteiger partial charge in [-0.1, -0.05) is 18.2 Å². The maximum absolute atomic E-state index is 11.7. The number of nitrogens with zero attached hydrogens (tertiary/aromatic N) is 3. The molecule has 24 heavy (non-hydrogen) atoms. The van der Waals surface area contributed by atoms with Gasteiger partial charge in [0, 0.05) is 35.5 Å². The molecule has 0 N–H and O–H groups in total. The van der Waals surface area contributed by atoms with E-state index in [0.29, 0.717) is 0 Å². The molecule has 1 aromatic carbocycles. The lowest BCUT2D eigenvalue weighted by atomic mass is 10.0. The minimum atomic E-state index is 0.0961. The molecule has 1 aliphatic carbocycles. The number of carbonyl (C=O) groups excluding carboxylic acids is 1. The van der Waals surface area contributed by atoms with Gasteiger partial charge in [-0.15, -0.1) is 0 Å². The van der Waals surface area contributed by atoms with E-state index in [-0.39, 0.29) is 5.78 Å². The number of aryl methyl sites for hydroxylation is 1. The molecule has 1 aliphatic heterocycles. The fourth-order valence-corrected chi connectivity index (χ4v) is 3.78. The molecule has 4 heteroatoms. The summed E-state index contributed by atoms with van der Waals surface area (Å²) in [6.45, 7) is 3.71. The molecule has 2 aromatic rings. The number of piperidine rings is 1. The van der Waals surface area contributed by atoms with E-state index in [0.717, 1.165) is 55.1 Å². The van der Waals surface area contributed by atoms with Gasteiger partial charge in [0.25, 0.3) is 0 Å². The average molecular weight is 321 g/mol. The molecule has 1 saturated heterocycles. The van der Waals surface area contributed by atoms with E-state index in [1.807, 2.05) is 18.2 Å². The first-order valence-electron chi connectivity index (χ1n) is 8.98. The Morgan fingerprint density at radius 3 is 2.67 bits per heavy atom. The topological polar surface area (TPSA) is 46.1 Å². The fourth-order valence-electron chi connectivity index (χ4n) is 3.78. The first kappa shape index (κ1) is 15.3. The highest BCUT2D eigenvalue weighted by Crippen LogP contribution is 2.32. The Morgan fingerprint density at radius 2 is 1.88 bits per heavy atom. The van der Waals surface area contributed by atoms with Gasteiger partial charge < -0.3 is 4.90 Å². The van der Waals surface area contributed by atoms with Crippen molar-refractivity contribution < 1.29 is 4.79 Å². The van der Waals surface area contributed by atoms with Crippen LogP contribution in [0.4, 0.5) is 5.95 Å². The van der Waals surface area contributed by atoms with Crippen LogP contribution in [0.3, 0.4) is 0 Å². The second-order valence-corrected chi connectivity index (χ2v) is 6.84. The second kappa shape index (κ2) is 6.34. The summed E-state index contributed by atoms with van der Waals surface area (Å²) in [4.78, 5) is 23.9. The molecular formula is C20H23N3O. The zero-order chi connectivity index (χ0) is 16.5. The van der Waals surface area contributed by atoms with Crippen LogP contribution in [0.2, 0.25) is 0 Å². The lowest BCUT2D eigenvalue weighted by Gasteiger charge is -2.27. The lowest BCUT2D eigenvalue weighted by molar-refractivity contribution is 0.101. The van der Waals surface area contributed by atoms with Gasteiger partial charge in [-0.2, -0.15) is 0 Å². The highest BCUT2D eigenvalue weighted by Gasteiger charge is 2.23. The Labute approximate surface area is 142 Å². The summed E-state index contributed by atoms with van der Waals surface area (Å²) in [7, 11) is 0. The molecule has 0 radical (unpaired) electrons. The monoisotopic (exact) mass is 321 g/mol. The summed E-state index contributed by atoms with van der Waals surface area (Å²) in [5.74, 6) is 0.970. The molecule has 1 aromatic heterocycles. The van der Waals surface area contributed by atoms with Crippen LogP contribution in [0.25, 0.3) is 11.3 Å². The van der Waals surface area contributed by atoms with E-state index in [1.165, 1.54) is 30.5 Å². The number of anilines is 1. The van der Waals surface area contributed by atoms with Gasteiger partial charge >= 0.3 is 0 Å². The standard InChI is InChI=1S/C20H23N3O/c1-14(24)15-7-5-8-16(13-15)19-17-9-6-10-18(17)21-20(22-19)23-11-3-2-4-12-23/h5,7-8,13H,2-4,6,9-12H2,1H3. The van der Waals surface area contributed by atoms with Crippen LogP contribution in [0.15, 0.2) is 24.3 Å². The number of ketones is 1. The third kappa shape index (κ3) is 2.81. The zero-order valence-corrected chi connectivity index (χ0v) is 14.2. The number of hydrogen-bond donors (Lipinski definition) is 0. The molecule has 0 amide bonds. The number of hydrogen-bond acceptors (Lipinski definition) is 4. The van der Waals surface area contributed by atoms with E-state index in [4.69, 9.17) is 9.97 Å². The van der Waals surface area contributed by atoms with Crippen molar-refractivity contribution in [3.63, 3.8) is 0 Å². The van der Waals surface area contributed by atoms with Crippen molar-refractivity contribution in [1.82, 2.24) is 9.97 Å². The summed E-state index contributed by atoms with van der Waals surface area (Å²) in [5.41, 5.74) is 5.30. The van der Waals surface area contributed by atoms with Crippen molar-refractivity contribution in [1.29, 1.82) is 0 Å². The molecule has 0 saturated carbocycles. The summed E-state index contributed by atoms with van der Waals surface area (Å²) in [5, 5.41) is 0. The molecule has 2 heterocycles. The summed E-state index contributed by atoms with van der Waals surface area (Å²) < 4.78 is 0. The summed E-state index contributed by atoms with van der Waals surface area (Å²) in [6.07, 6.45) is 6.96. The van der Waals surface area contributed by atoms with Crippen LogP contribution in [0, 0.1) is 0 Å². The largest absolute Gasteiger partial charge is 0.341 e. The van der Waals surface area contributed by atoms with Crippen molar-refractivity contribution in [2.75, 3.05) is 18.0 Å². The second-order valence-electron chi connectivity index (χ2n) is 6.84. The summed E-state index contributed by atoms with van der Waals surface area (Å²) >= 11 is 0. The quantitative estimate of drug-likeness (QED) is 0.806. The highest BCUT2D eigenvalue weighted by molar-refractivity contribution is 5.95. The Kier molecular flexibility index (Phi) is 4.05. The molecule has 0 bridgehead atoms. The minimum absolute atomic E-state index is 0.0961. The molecule has 4 nitrogen and oxygen atoms in total. The molecule has 4 rings (SSSR count). The Balaban J connectivity index is 1.80. The van der Waals surface area contributed by atoms with Gasteiger partial charge in [0.1, 0.15) is 0 Å². The van der Waals surface area contributed by atoms with Gasteiger partial charge in [-0.3, -0.25) is 4.79 Å². The molecule has 1 fully saturated rings. The van der Waals surface area contributed by atoms with Crippen molar-refractivity contribution in [3.8, 4) is 11.3 Å². The Morgan fingerprint density at radius 1 is 1.04 bits per heavy atom. The number of fused-ring (bicyclic) bond motifs is 1. The zero-order valence-electron chi connectivity index (χ0n) is 14.2. The molecule has 0 atom stereocenters. The normalized spacial score (nSPS) is 17.0. The highest BCUT2D eigenvalue weighted by atomic mass is 16.1. The van der Waals surface area contributed by atoms with Crippen molar-refractivity contribution in [2.45, 2.75) is 45.4 Å². The predicted octanol–water partition coefficient (Wildman–Crippen LogP) is 3.83. The van der Waals surface area contributed by atoms with E-state index in [2.05, 4.69) is 11.0 Å². The number of aromatic nitrogens is 2. The van der Waals surface area contributed by atoms with Gasteiger partial charge in [-0.05, 0) is 51.5 Å². The van der Waals surface area contributed by atoms with Crippen molar-refractivity contribution >= 4 is 11.7 Å². The molecule has 0 unspecified atom stereocenters. The SMILES string of the molecule is CC(=O)c1cccc(-c2nc(N3CCCCC3)nc3c2CCC3)c1. The first-order chi connectivity index (χ1) is 11.7. The number of Topliss-reactive ketones (excluding diaryl/α,β-unsaturated/α-hetero) is 1. The number of rotatable bonds is 3. The summed E-state index contributed by atoms with van der Waals surface area (Å²) in [6, 6.07) is 7.87. The Bertz CT molecular complexity index is 778. The van der Waals surface area contributed by atoms with Crippen molar-refractivity contribution in [2.24, 2.45) is 0 Å². The van der Waals surface area contributed by atoms with Gasteiger partial charge in [0.05, 0.1) is 5.69 Å². The number of carbonyl (C=O) groups is 1. The maximum atomic E-state index is 11.7. The van der Waals surface area contributed by atoms with Crippen molar-refractivity contribution in [3.05, 3.63) is 41.1 Å². The van der Waals surface area contributed by atoms with Gasteiger partial charge in [0.2, 0.25) is 5.95 Å². The molecule has 2 aliphatic rings. The first-order valence-corrected chi connectivity index (χ1v) is 8.98. The maximum Gasteiger partial charge on any atom is 0.226 e. The van der Waals surface area contributed by atoms with Gasteiger partial charge in [-0.25, -0.2) is 9.97 Å². The van der Waals surface area contributed by atoms with Crippen LogP contribution in [-0.2, 0) is 12.8 Å². The molecular weight excluding hydrogens is 298 g/mol. The third-order valence-corrected chi connectivity index (χ3v) is 5.10. The van der Waals surface area contributed by atoms with Crippen LogP contribution in [0.1, 0.15) is 54.2 Å². The fraction of sp³-hybridized carbons (Fsp3) is 0.450. The van der Waals surface area contributed by atoms with E-state index in [1.54, 1.807) is 6.92 Å². The van der Waals surface area contributed by atoms with Crippen LogP contribution < -0.4 is 4.90 Å². The van der Waals surface area contributed by atoms with Gasteiger partial charge in [0.15, 0.2) is 5.78 Å². The smallest absolute Gasteiger partial charge is 0.226 e. The average Bonchev–Trinajstić information content (AvgIpc) is 3.10. The van der Waals surface area contributed by atoms with Crippen LogP contribution >= 0.6 is 0 Å². The predicted molar refractivity (Wildman–Crippen MR) is 95.6 cm³/mol. The number of benzene rings is 1. The van der Waals surface area contributed by atoms with E-state index >= 15 is 0 Å². The lowest BCUT2D eigenvalue weighted by Crippen LogP contribution is -2.31. The van der Waals surface area contributed by atoms with Crippen LogP contribution in [-0.4, -0.2) is 28.8 Å². The van der Waals surface area contributed by atoms with E-state index < -0.39 is 0 Å². The van der Waals surface area contributed by atoms with E-state index in [9.17, 15) is 4.79 Å². The molecule has 0 spiro atoms. The minimum Gasteiger partial charge on any atom is -0.341 e.